The van der Waals surface area contributed by atoms with Crippen molar-refractivity contribution in [2.45, 2.75) is 116 Å². The van der Waals surface area contributed by atoms with Crippen molar-refractivity contribution in [1.29, 1.82) is 0 Å². The number of benzene rings is 2. The van der Waals surface area contributed by atoms with E-state index < -0.39 is 11.9 Å². The van der Waals surface area contributed by atoms with Gasteiger partial charge < -0.3 is 35.2 Å². The maximum atomic E-state index is 13.9. The van der Waals surface area contributed by atoms with Gasteiger partial charge in [0.1, 0.15) is 42.5 Å². The number of amides is 6. The molecule has 2 aromatic carbocycles. The second kappa shape index (κ2) is 23.2. The summed E-state index contributed by atoms with van der Waals surface area (Å²) >= 11 is 8.16. The summed E-state index contributed by atoms with van der Waals surface area (Å²) in [5.41, 5.74) is 6.14. The van der Waals surface area contributed by atoms with Crippen molar-refractivity contribution in [3.8, 4) is 22.6 Å². The van der Waals surface area contributed by atoms with Gasteiger partial charge in [0.25, 0.3) is 11.8 Å². The zero-order valence-electron chi connectivity index (χ0n) is 41.8. The lowest BCUT2D eigenvalue weighted by Crippen LogP contribution is -2.50. The number of anilines is 1. The molecule has 6 amide bonds. The minimum Gasteiger partial charge on any atom is -0.489 e. The van der Waals surface area contributed by atoms with Crippen LogP contribution in [0.2, 0.25) is 5.02 Å². The standard InChI is InChI=1S/C54H64ClN9O8S/c1-33-13-14-41-40(26-33)50(53(69)59-43-32-71-45-11-7-6-10-44(45)61(3)54(43)70)64(60-41)31-47(66)58-20-8-4-5-12-46(65)57-21-9-23-62-24-18-36(19-25-62)72-51-34(2)27-35(55)28-39(51)38-17-22-56-42-29-37(73-52(38)42)30-63-48(67)15-16-49(63)68/h6-7,10-11,17,22,27-29,33,36,43H,4-5,8-9,12-16,18-21,23-26,30-32H2,1-3H3,(H,57,65)(H,58,66)(H,59,69)/t33-,43+/m1/s1. The normalized spacial score (nSPS) is 18.3. The largest absolute Gasteiger partial charge is 0.489 e. The fraction of sp³-hybridized carbons (Fsp3) is 0.481. The van der Waals surface area contributed by atoms with Crippen molar-refractivity contribution in [2.24, 2.45) is 5.92 Å². The number of likely N-dealkylation sites (tertiary alicyclic amines) is 2. The van der Waals surface area contributed by atoms with Gasteiger partial charge >= 0.3 is 0 Å². The van der Waals surface area contributed by atoms with Gasteiger partial charge in [-0.3, -0.25) is 38.7 Å². The smallest absolute Gasteiger partial charge is 0.270 e. The summed E-state index contributed by atoms with van der Waals surface area (Å²) in [5.74, 6) is 0.412. The van der Waals surface area contributed by atoms with Crippen LogP contribution in [0.5, 0.6) is 11.5 Å². The summed E-state index contributed by atoms with van der Waals surface area (Å²) < 4.78 is 15.1. The number of aromatic nitrogens is 3. The number of hydrogen-bond donors (Lipinski definition) is 3. The average Bonchev–Trinajstić information content (AvgIpc) is 4.04. The van der Waals surface area contributed by atoms with Gasteiger partial charge in [-0.15, -0.1) is 11.3 Å². The number of likely N-dealkylation sites (N-methyl/N-ethyl adjacent to an activating group) is 1. The molecule has 3 aliphatic heterocycles. The summed E-state index contributed by atoms with van der Waals surface area (Å²) in [6.07, 6.45) is 9.75. The van der Waals surface area contributed by atoms with Crippen molar-refractivity contribution >= 4 is 74.3 Å². The first-order chi connectivity index (χ1) is 35.3. The highest BCUT2D eigenvalue weighted by Gasteiger charge is 2.35. The number of fused-ring (bicyclic) bond motifs is 3. The van der Waals surface area contributed by atoms with Crippen LogP contribution in [0.4, 0.5) is 5.69 Å². The fourth-order valence-corrected chi connectivity index (χ4v) is 11.7. The van der Waals surface area contributed by atoms with Crippen LogP contribution >= 0.6 is 22.9 Å². The minimum atomic E-state index is -0.925. The molecule has 73 heavy (non-hydrogen) atoms. The van der Waals surface area contributed by atoms with E-state index in [-0.39, 0.29) is 68.2 Å². The minimum absolute atomic E-state index is 0.0170. The molecular formula is C54H64ClN9O8S. The van der Waals surface area contributed by atoms with Crippen LogP contribution in [0.1, 0.15) is 103 Å². The van der Waals surface area contributed by atoms with E-state index in [1.165, 1.54) is 25.8 Å². The molecule has 386 valence electrons. The summed E-state index contributed by atoms with van der Waals surface area (Å²) in [5, 5.41) is 14.2. The first-order valence-electron chi connectivity index (χ1n) is 25.6. The van der Waals surface area contributed by atoms with Gasteiger partial charge in [-0.25, -0.2) is 4.68 Å². The summed E-state index contributed by atoms with van der Waals surface area (Å²) in [4.78, 5) is 88.7. The van der Waals surface area contributed by atoms with Crippen molar-refractivity contribution in [3.05, 3.63) is 87.1 Å². The quantitative estimate of drug-likeness (QED) is 0.0583. The molecular weight excluding hydrogens is 970 g/mol. The van der Waals surface area contributed by atoms with Crippen LogP contribution in [-0.2, 0) is 49.9 Å². The maximum absolute atomic E-state index is 13.9. The molecule has 19 heteroatoms. The average molecular weight is 1030 g/mol. The summed E-state index contributed by atoms with van der Waals surface area (Å²) in [6, 6.07) is 14.1. The van der Waals surface area contributed by atoms with Crippen molar-refractivity contribution in [3.63, 3.8) is 0 Å². The van der Waals surface area contributed by atoms with Crippen LogP contribution in [-0.4, -0.2) is 119 Å². The predicted molar refractivity (Wildman–Crippen MR) is 279 cm³/mol. The third-order valence-corrected chi connectivity index (χ3v) is 15.7. The third-order valence-electron chi connectivity index (χ3n) is 14.3. The molecule has 17 nitrogen and oxygen atoms in total. The highest BCUT2D eigenvalue weighted by atomic mass is 35.5. The molecule has 4 aliphatic rings. The Labute approximate surface area is 434 Å². The molecule has 9 rings (SSSR count). The van der Waals surface area contributed by atoms with Gasteiger partial charge in [-0.05, 0) is 113 Å². The number of thiophene rings is 1. The van der Waals surface area contributed by atoms with Gasteiger partial charge in [-0.1, -0.05) is 37.1 Å². The van der Waals surface area contributed by atoms with E-state index in [9.17, 15) is 28.8 Å². The van der Waals surface area contributed by atoms with Crippen LogP contribution in [0.25, 0.3) is 21.3 Å². The number of piperidine rings is 1. The number of rotatable bonds is 19. The third kappa shape index (κ3) is 12.2. The van der Waals surface area contributed by atoms with E-state index >= 15 is 0 Å². The Morgan fingerprint density at radius 1 is 0.904 bits per heavy atom. The first kappa shape index (κ1) is 51.5. The molecule has 0 saturated carbocycles. The van der Waals surface area contributed by atoms with Crippen molar-refractivity contribution < 1.29 is 38.2 Å². The first-order valence-corrected chi connectivity index (χ1v) is 26.8. The Morgan fingerprint density at radius 2 is 1.67 bits per heavy atom. The number of halogens is 1. The fourth-order valence-electron chi connectivity index (χ4n) is 10.3. The number of hydrogen-bond acceptors (Lipinski definition) is 12. The highest BCUT2D eigenvalue weighted by Crippen LogP contribution is 2.43. The molecule has 0 spiro atoms. The molecule has 0 radical (unpaired) electrons. The number of ether oxygens (including phenoxy) is 2. The SMILES string of the molecule is Cc1cc(Cl)cc(-c2ccnc3cc(CN4C(=O)CCC4=O)sc23)c1OC1CCN(CCCNC(=O)CCCCCNC(=O)Cn2nc3c(c2C(=O)N[C@H]2COc4ccccc4N(C)C2=O)C[C@H](C)CC3)CC1. The number of aryl methyl sites for hydroxylation is 2. The number of nitrogens with one attached hydrogen (secondary N) is 3. The number of unbranched alkanes of at least 4 members (excludes halogenated alkanes) is 2. The van der Waals surface area contributed by atoms with E-state index in [4.69, 9.17) is 26.2 Å². The van der Waals surface area contributed by atoms with Gasteiger partial charge in [0.2, 0.25) is 23.6 Å². The number of carbonyl (C=O) groups excluding carboxylic acids is 6. The Kier molecular flexibility index (Phi) is 16.4. The number of para-hydroxylation sites is 2. The lowest BCUT2D eigenvalue weighted by atomic mass is 9.87. The van der Waals surface area contributed by atoms with E-state index in [1.54, 1.807) is 25.4 Å². The van der Waals surface area contributed by atoms with Gasteiger partial charge in [0.05, 0.1) is 28.1 Å². The van der Waals surface area contributed by atoms with Gasteiger partial charge in [0, 0.05) is 85.3 Å². The number of imide groups is 1. The molecule has 3 N–H and O–H groups in total. The van der Waals surface area contributed by atoms with Crippen LogP contribution < -0.4 is 30.3 Å². The topological polar surface area (TPSA) is 197 Å². The maximum Gasteiger partial charge on any atom is 0.270 e. The summed E-state index contributed by atoms with van der Waals surface area (Å²) in [7, 11) is 1.66. The molecule has 0 bridgehead atoms. The van der Waals surface area contributed by atoms with Crippen molar-refractivity contribution in [1.82, 2.24) is 40.5 Å². The lowest BCUT2D eigenvalue weighted by Gasteiger charge is -2.33. The van der Waals surface area contributed by atoms with E-state index in [0.29, 0.717) is 73.3 Å². The summed E-state index contributed by atoms with van der Waals surface area (Å²) in [6.45, 7) is 7.89. The monoisotopic (exact) mass is 1030 g/mol. The zero-order valence-corrected chi connectivity index (χ0v) is 43.4. The zero-order chi connectivity index (χ0) is 51.2. The molecule has 2 atom stereocenters. The second-order valence-corrected chi connectivity index (χ2v) is 21.3. The van der Waals surface area contributed by atoms with E-state index in [1.807, 2.05) is 43.3 Å². The lowest BCUT2D eigenvalue weighted by molar-refractivity contribution is -0.139. The van der Waals surface area contributed by atoms with Gasteiger partial charge in [-0.2, -0.15) is 5.10 Å². The van der Waals surface area contributed by atoms with Gasteiger partial charge in [0.15, 0.2) is 0 Å². The molecule has 6 heterocycles. The molecule has 2 saturated heterocycles. The van der Waals surface area contributed by atoms with E-state index in [2.05, 4.69) is 32.8 Å². The Balaban J connectivity index is 0.673. The molecule has 2 fully saturated rings. The van der Waals surface area contributed by atoms with Crippen LogP contribution in [0.3, 0.4) is 0 Å². The van der Waals surface area contributed by atoms with Crippen LogP contribution in [0, 0.1) is 12.8 Å². The predicted octanol–water partition coefficient (Wildman–Crippen LogP) is 6.78. The Hall–Kier alpha value is -6.37. The highest BCUT2D eigenvalue weighted by molar-refractivity contribution is 7.19. The van der Waals surface area contributed by atoms with Crippen LogP contribution in [0.15, 0.2) is 54.7 Å². The Morgan fingerprint density at radius 3 is 2.48 bits per heavy atom. The number of carbonyl (C=O) groups is 6. The second-order valence-electron chi connectivity index (χ2n) is 19.8. The molecule has 0 unspecified atom stereocenters. The Bertz CT molecular complexity index is 2880. The molecule has 1 aliphatic carbocycles. The number of pyridine rings is 1. The van der Waals surface area contributed by atoms with E-state index in [0.717, 1.165) is 101 Å². The van der Waals surface area contributed by atoms with Crippen molar-refractivity contribution in [2.75, 3.05) is 51.3 Å². The number of nitrogens with zero attached hydrogens (tertiary/aromatic N) is 6. The molecule has 3 aromatic heterocycles. The molecule has 5 aromatic rings.